The van der Waals surface area contributed by atoms with E-state index >= 15 is 0 Å². The molecule has 0 radical (unpaired) electrons. The molecule has 3 heterocycles. The van der Waals surface area contributed by atoms with Crippen LogP contribution in [0.25, 0.3) is 0 Å². The first-order valence-electron chi connectivity index (χ1n) is 8.83. The van der Waals surface area contributed by atoms with Crippen molar-refractivity contribution >= 4 is 20.4 Å². The van der Waals surface area contributed by atoms with Crippen LogP contribution in [-0.4, -0.2) is 39.4 Å². The fourth-order valence-electron chi connectivity index (χ4n) is 2.98. The van der Waals surface area contributed by atoms with Crippen LogP contribution in [0.5, 0.6) is 5.75 Å². The number of hydrogen-bond donors (Lipinski definition) is 3. The van der Waals surface area contributed by atoms with Crippen molar-refractivity contribution < 1.29 is 37.1 Å². The molecule has 0 aliphatic carbocycles. The molecule has 0 spiro atoms. The maximum atomic E-state index is 13.6. The number of H-pyrrole nitrogens is 1. The highest BCUT2D eigenvalue weighted by Gasteiger charge is 2.51. The summed E-state index contributed by atoms with van der Waals surface area (Å²) in [6.07, 6.45) is 0.801. The predicted molar refractivity (Wildman–Crippen MR) is 104 cm³/mol. The lowest BCUT2D eigenvalue weighted by Gasteiger charge is -2.22. The van der Waals surface area contributed by atoms with Crippen LogP contribution in [0.1, 0.15) is 24.6 Å². The van der Waals surface area contributed by atoms with Crippen molar-refractivity contribution in [2.24, 2.45) is 0 Å². The number of nitrogens with one attached hydrogen (secondary N) is 1. The fraction of sp³-hybridized carbons (Fsp3) is 0.412. The smallest absolute Gasteiger partial charge is 0.400 e. The third-order valence-electron chi connectivity index (χ3n) is 4.36. The minimum atomic E-state index is -3.63. The van der Waals surface area contributed by atoms with Gasteiger partial charge in [0.2, 0.25) is 0 Å². The van der Waals surface area contributed by atoms with Gasteiger partial charge in [-0.15, -0.1) is 9.05 Å². The van der Waals surface area contributed by atoms with Crippen LogP contribution in [0.4, 0.5) is 8.78 Å². The molecule has 30 heavy (non-hydrogen) atoms. The molecule has 2 aliphatic heterocycles. The van der Waals surface area contributed by atoms with Crippen molar-refractivity contribution in [3.63, 3.8) is 0 Å². The Bertz CT molecular complexity index is 1020. The number of rotatable bonds is 4. The lowest BCUT2D eigenvalue weighted by molar-refractivity contribution is -0.0305. The molecule has 3 unspecified atom stereocenters. The van der Waals surface area contributed by atoms with Gasteiger partial charge in [0.25, 0.3) is 0 Å². The van der Waals surface area contributed by atoms with Gasteiger partial charge >= 0.3 is 13.9 Å². The molecule has 1 fully saturated rings. The summed E-state index contributed by atoms with van der Waals surface area (Å²) < 4.78 is 49.4. The third kappa shape index (κ3) is 5.09. The summed E-state index contributed by atoms with van der Waals surface area (Å²) in [5, 5.41) is 7.00. The molecule has 0 saturated carbocycles. The first-order valence-corrected chi connectivity index (χ1v) is 10.7. The number of fused-ring (bicyclic) bond motifs is 1. The summed E-state index contributed by atoms with van der Waals surface area (Å²) in [6, 6.07) is 3.86. The Hall–Kier alpha value is -1.79. The molecule has 3 N–H and O–H groups in total. The second-order valence-electron chi connectivity index (χ2n) is 6.31. The molecule has 1 aromatic carbocycles. The first-order chi connectivity index (χ1) is 14.3. The Morgan fingerprint density at radius 3 is 2.90 bits per heavy atom. The number of aromatic nitrogens is 2. The SMILES string of the molecule is CO.O=c1[nH]c(=S)c(F)cn1C1CCC(CO[P+]2(O)OCc3cc(F)ccc3O2)O1. The highest BCUT2D eigenvalue weighted by atomic mass is 32.1. The van der Waals surface area contributed by atoms with E-state index < -0.39 is 37.8 Å². The zero-order chi connectivity index (χ0) is 21.9. The van der Waals surface area contributed by atoms with E-state index in [2.05, 4.69) is 17.2 Å². The van der Waals surface area contributed by atoms with Gasteiger partial charge in [-0.1, -0.05) is 12.2 Å². The summed E-state index contributed by atoms with van der Waals surface area (Å²) in [4.78, 5) is 24.6. The number of aromatic amines is 1. The van der Waals surface area contributed by atoms with Gasteiger partial charge in [-0.3, -0.25) is 14.1 Å². The van der Waals surface area contributed by atoms with Crippen LogP contribution in [0.3, 0.4) is 0 Å². The Morgan fingerprint density at radius 2 is 2.13 bits per heavy atom. The number of benzene rings is 1. The van der Waals surface area contributed by atoms with E-state index in [-0.39, 0.29) is 23.6 Å². The highest BCUT2D eigenvalue weighted by molar-refractivity contribution is 7.71. The molecule has 0 amide bonds. The van der Waals surface area contributed by atoms with Gasteiger partial charge in [0.05, 0.1) is 12.3 Å². The zero-order valence-corrected chi connectivity index (χ0v) is 17.5. The minimum Gasteiger partial charge on any atom is -0.400 e. The van der Waals surface area contributed by atoms with Crippen molar-refractivity contribution in [3.8, 4) is 5.75 Å². The van der Waals surface area contributed by atoms with E-state index in [0.29, 0.717) is 18.4 Å². The van der Waals surface area contributed by atoms with Crippen LogP contribution in [0.15, 0.2) is 29.2 Å². The van der Waals surface area contributed by atoms with Crippen molar-refractivity contribution in [3.05, 3.63) is 56.7 Å². The topological polar surface area (TPSA) is 115 Å². The molecular weight excluding hydrogens is 445 g/mol. The average molecular weight is 465 g/mol. The Morgan fingerprint density at radius 1 is 1.37 bits per heavy atom. The molecule has 4 rings (SSSR count). The van der Waals surface area contributed by atoms with Crippen LogP contribution in [0, 0.1) is 16.3 Å². The van der Waals surface area contributed by atoms with Gasteiger partial charge < -0.3 is 9.84 Å². The van der Waals surface area contributed by atoms with Gasteiger partial charge in [-0.2, -0.15) is 4.89 Å². The quantitative estimate of drug-likeness (QED) is 0.467. The number of aliphatic hydroxyl groups is 1. The van der Waals surface area contributed by atoms with E-state index in [0.717, 1.165) is 17.9 Å². The molecular formula is C17H20F2N2O7PS+. The molecule has 1 saturated heterocycles. The van der Waals surface area contributed by atoms with Gasteiger partial charge in [0.1, 0.15) is 29.9 Å². The van der Waals surface area contributed by atoms with Crippen molar-refractivity contribution in [2.75, 3.05) is 13.7 Å². The fourth-order valence-corrected chi connectivity index (χ4v) is 4.38. The van der Waals surface area contributed by atoms with Gasteiger partial charge in [-0.25, -0.2) is 13.6 Å². The largest absolute Gasteiger partial charge is 0.619 e. The molecule has 3 atom stereocenters. The molecule has 1 aromatic heterocycles. The predicted octanol–water partition coefficient (Wildman–Crippen LogP) is 2.77. The Balaban J connectivity index is 0.00000124. The molecule has 164 valence electrons. The van der Waals surface area contributed by atoms with Crippen LogP contribution in [0.2, 0.25) is 0 Å². The van der Waals surface area contributed by atoms with E-state index in [4.69, 9.17) is 23.4 Å². The van der Waals surface area contributed by atoms with E-state index in [1.54, 1.807) is 0 Å². The summed E-state index contributed by atoms with van der Waals surface area (Å²) in [7, 11) is -2.63. The van der Waals surface area contributed by atoms with Crippen molar-refractivity contribution in [2.45, 2.75) is 31.8 Å². The van der Waals surface area contributed by atoms with E-state index in [1.165, 1.54) is 18.2 Å². The first kappa shape index (κ1) is 22.9. The normalized spacial score (nSPS) is 25.1. The standard InChI is InChI=1S/C16H15F2N2O6PS.CH4O/c17-10-1-3-13-9(5-10)7-23-27(22,26-13)24-8-11-2-4-14(25-11)20-6-12(18)15(28)19-16(20)21;1-2/h1,3,5-6,11,14,22H,2,4,7-8H2;2H,1H3/p+1. The van der Waals surface area contributed by atoms with Crippen LogP contribution < -0.4 is 10.2 Å². The summed E-state index contributed by atoms with van der Waals surface area (Å²) in [5.41, 5.74) is -0.111. The Kier molecular flexibility index (Phi) is 7.30. The summed E-state index contributed by atoms with van der Waals surface area (Å²) in [6.45, 7) is -0.110. The number of hydrogen-bond acceptors (Lipinski definition) is 8. The molecule has 0 bridgehead atoms. The van der Waals surface area contributed by atoms with Gasteiger partial charge in [0, 0.05) is 12.7 Å². The van der Waals surface area contributed by atoms with Crippen LogP contribution >= 0.6 is 20.4 Å². The summed E-state index contributed by atoms with van der Waals surface area (Å²) >= 11 is 4.68. The third-order valence-corrected chi connectivity index (χ3v) is 6.02. The van der Waals surface area contributed by atoms with E-state index in [1.807, 2.05) is 0 Å². The lowest BCUT2D eigenvalue weighted by atomic mass is 10.2. The number of nitrogens with zero attached hydrogens (tertiary/aromatic N) is 1. The monoisotopic (exact) mass is 465 g/mol. The Labute approximate surface area is 175 Å². The summed E-state index contributed by atoms with van der Waals surface area (Å²) in [5.74, 6) is -0.874. The lowest BCUT2D eigenvalue weighted by Crippen LogP contribution is -2.28. The maximum absolute atomic E-state index is 13.6. The van der Waals surface area contributed by atoms with Crippen molar-refractivity contribution in [1.29, 1.82) is 0 Å². The molecule has 2 aromatic rings. The van der Waals surface area contributed by atoms with Gasteiger partial charge in [0.15, 0.2) is 11.6 Å². The minimum absolute atomic E-state index is 0.0521. The second kappa shape index (κ2) is 9.56. The molecule has 2 aliphatic rings. The molecule has 13 heteroatoms. The second-order valence-corrected chi connectivity index (χ2v) is 8.36. The molecule has 9 nitrogen and oxygen atoms in total. The zero-order valence-electron chi connectivity index (χ0n) is 15.8. The average Bonchev–Trinajstić information content (AvgIpc) is 3.20. The maximum Gasteiger partial charge on any atom is 0.619 e. The number of halogens is 2. The van der Waals surface area contributed by atoms with Gasteiger partial charge in [-0.05, 0) is 31.0 Å². The van der Waals surface area contributed by atoms with Crippen molar-refractivity contribution in [1.82, 2.24) is 9.55 Å². The van der Waals surface area contributed by atoms with E-state index in [9.17, 15) is 18.5 Å². The number of aliphatic hydroxyl groups excluding tert-OH is 1. The number of ether oxygens (including phenoxy) is 1. The van der Waals surface area contributed by atoms with Crippen LogP contribution in [-0.2, 0) is 20.4 Å². The highest BCUT2D eigenvalue weighted by Crippen LogP contribution is 2.61.